The summed E-state index contributed by atoms with van der Waals surface area (Å²) in [7, 11) is 2.15. The van der Waals surface area contributed by atoms with Gasteiger partial charge in [-0.15, -0.1) is 0 Å². The van der Waals surface area contributed by atoms with E-state index in [4.69, 9.17) is 4.74 Å². The lowest BCUT2D eigenvalue weighted by molar-refractivity contribution is 0.0927. The Morgan fingerprint density at radius 3 is 2.08 bits per heavy atom. The van der Waals surface area contributed by atoms with Crippen LogP contribution in [0.15, 0.2) is 84.9 Å². The Balaban J connectivity index is 1.10. The molecule has 0 aromatic heterocycles. The maximum Gasteiger partial charge on any atom is 0.251 e. The summed E-state index contributed by atoms with van der Waals surface area (Å²) >= 11 is 0. The molecule has 1 N–H and O–H groups in total. The number of nitrogens with zero attached hydrogens (tertiary/aromatic N) is 2. The monoisotopic (exact) mass is 511 g/mol. The molecule has 0 radical (unpaired) electrons. The smallest absolute Gasteiger partial charge is 0.251 e. The molecule has 2 heterocycles. The quantitative estimate of drug-likeness (QED) is 0.408. The predicted molar refractivity (Wildman–Crippen MR) is 154 cm³/mol. The number of nitrogens with one attached hydrogen (secondary N) is 1. The number of piperidine rings is 2. The summed E-state index contributed by atoms with van der Waals surface area (Å²) in [5, 5.41) is 3.12. The van der Waals surface area contributed by atoms with Crippen molar-refractivity contribution < 1.29 is 9.53 Å². The van der Waals surface area contributed by atoms with E-state index in [2.05, 4.69) is 82.8 Å². The van der Waals surface area contributed by atoms with Gasteiger partial charge in [-0.25, -0.2) is 0 Å². The molecule has 0 spiro atoms. The van der Waals surface area contributed by atoms with Crippen molar-refractivity contribution in [3.8, 4) is 5.75 Å². The summed E-state index contributed by atoms with van der Waals surface area (Å²) in [5.74, 6) is 1.21. The molecule has 3 aromatic carbocycles. The second-order valence-electron chi connectivity index (χ2n) is 10.9. The first-order valence-corrected chi connectivity index (χ1v) is 14.2. The fourth-order valence-corrected chi connectivity index (χ4v) is 5.83. The summed E-state index contributed by atoms with van der Waals surface area (Å²) < 4.78 is 6.32. The van der Waals surface area contributed by atoms with Crippen LogP contribution >= 0.6 is 0 Å². The van der Waals surface area contributed by atoms with Gasteiger partial charge in [-0.2, -0.15) is 0 Å². The molecule has 2 aliphatic heterocycles. The SMILES string of the molecule is CN1CCCCC1CNC(=O)c1ccc(OC2CCN(CC(c3ccccc3)c3ccccc3)CC2)cc1. The molecule has 38 heavy (non-hydrogen) atoms. The standard InChI is InChI=1S/C33H41N3O2/c1-35-21-9-8-14-29(35)24-34-33(37)28-15-17-30(18-16-28)38-31-19-22-36(23-20-31)25-32(26-10-4-2-5-11-26)27-12-6-3-7-13-27/h2-7,10-13,15-18,29,31-32H,8-9,14,19-25H2,1H3,(H,34,37). The van der Waals surface area contributed by atoms with Gasteiger partial charge in [0.15, 0.2) is 0 Å². The van der Waals surface area contributed by atoms with E-state index >= 15 is 0 Å². The lowest BCUT2D eigenvalue weighted by Gasteiger charge is -2.34. The van der Waals surface area contributed by atoms with Crippen molar-refractivity contribution in [2.45, 2.75) is 50.2 Å². The van der Waals surface area contributed by atoms with Gasteiger partial charge >= 0.3 is 0 Å². The fourth-order valence-electron chi connectivity index (χ4n) is 5.83. The van der Waals surface area contributed by atoms with Gasteiger partial charge in [-0.3, -0.25) is 4.79 Å². The molecule has 0 aliphatic carbocycles. The lowest BCUT2D eigenvalue weighted by atomic mass is 9.90. The summed E-state index contributed by atoms with van der Waals surface area (Å²) in [6, 6.07) is 29.8. The predicted octanol–water partition coefficient (Wildman–Crippen LogP) is 5.58. The largest absolute Gasteiger partial charge is 0.490 e. The number of benzene rings is 3. The Labute approximate surface area is 227 Å². The molecule has 0 bridgehead atoms. The highest BCUT2D eigenvalue weighted by Gasteiger charge is 2.25. The molecule has 1 unspecified atom stereocenters. The highest BCUT2D eigenvalue weighted by molar-refractivity contribution is 5.94. The molecule has 5 heteroatoms. The Hall–Kier alpha value is -3.15. The van der Waals surface area contributed by atoms with Crippen LogP contribution in [0.1, 0.15) is 59.5 Å². The van der Waals surface area contributed by atoms with Gasteiger partial charge in [0.1, 0.15) is 11.9 Å². The number of hydrogen-bond acceptors (Lipinski definition) is 4. The van der Waals surface area contributed by atoms with Gasteiger partial charge in [0, 0.05) is 43.7 Å². The minimum atomic E-state index is -0.00443. The maximum atomic E-state index is 12.6. The Bertz CT molecular complexity index is 1090. The van der Waals surface area contributed by atoms with Crippen molar-refractivity contribution in [2.75, 3.05) is 39.8 Å². The average molecular weight is 512 g/mol. The van der Waals surface area contributed by atoms with Crippen LogP contribution in [0.25, 0.3) is 0 Å². The van der Waals surface area contributed by atoms with Crippen molar-refractivity contribution in [3.05, 3.63) is 102 Å². The van der Waals surface area contributed by atoms with Crippen LogP contribution in [0.5, 0.6) is 5.75 Å². The van der Waals surface area contributed by atoms with Crippen molar-refractivity contribution in [3.63, 3.8) is 0 Å². The summed E-state index contributed by atoms with van der Waals surface area (Å²) in [6.07, 6.45) is 5.88. The van der Waals surface area contributed by atoms with Gasteiger partial charge in [0.25, 0.3) is 5.91 Å². The molecule has 2 aliphatic rings. The molecule has 5 nitrogen and oxygen atoms in total. The van der Waals surface area contributed by atoms with Crippen molar-refractivity contribution in [1.29, 1.82) is 0 Å². The zero-order chi connectivity index (χ0) is 26.2. The second kappa shape index (κ2) is 13.1. The van der Waals surface area contributed by atoms with Crippen molar-refractivity contribution in [1.82, 2.24) is 15.1 Å². The van der Waals surface area contributed by atoms with Crippen LogP contribution in [0.2, 0.25) is 0 Å². The molecule has 3 aromatic rings. The van der Waals surface area contributed by atoms with Crippen molar-refractivity contribution >= 4 is 5.91 Å². The van der Waals surface area contributed by atoms with E-state index in [-0.39, 0.29) is 12.0 Å². The van der Waals surface area contributed by atoms with E-state index in [0.29, 0.717) is 24.1 Å². The third-order valence-electron chi connectivity index (χ3n) is 8.22. The summed E-state index contributed by atoms with van der Waals surface area (Å²) in [4.78, 5) is 17.6. The van der Waals surface area contributed by atoms with Crippen LogP contribution in [-0.2, 0) is 0 Å². The van der Waals surface area contributed by atoms with Crippen LogP contribution in [0.4, 0.5) is 0 Å². The van der Waals surface area contributed by atoms with Crippen LogP contribution < -0.4 is 10.1 Å². The number of ether oxygens (including phenoxy) is 1. The highest BCUT2D eigenvalue weighted by Crippen LogP contribution is 2.28. The Morgan fingerprint density at radius 2 is 1.47 bits per heavy atom. The number of amides is 1. The minimum Gasteiger partial charge on any atom is -0.490 e. The molecule has 200 valence electrons. The highest BCUT2D eigenvalue weighted by atomic mass is 16.5. The Kier molecular flexibility index (Phi) is 9.11. The minimum absolute atomic E-state index is 0.00443. The average Bonchev–Trinajstić information content (AvgIpc) is 2.97. The van der Waals surface area contributed by atoms with E-state index in [1.165, 1.54) is 24.0 Å². The molecule has 5 rings (SSSR count). The van der Waals surface area contributed by atoms with Gasteiger partial charge < -0.3 is 19.9 Å². The second-order valence-corrected chi connectivity index (χ2v) is 10.9. The number of likely N-dealkylation sites (N-methyl/N-ethyl adjacent to an activating group) is 1. The molecular weight excluding hydrogens is 470 g/mol. The first kappa shape index (κ1) is 26.5. The van der Waals surface area contributed by atoms with E-state index in [1.807, 2.05) is 24.3 Å². The first-order chi connectivity index (χ1) is 18.7. The first-order valence-electron chi connectivity index (χ1n) is 14.2. The lowest BCUT2D eigenvalue weighted by Crippen LogP contribution is -2.44. The van der Waals surface area contributed by atoms with Gasteiger partial charge in [0.2, 0.25) is 0 Å². The zero-order valence-electron chi connectivity index (χ0n) is 22.6. The maximum absolute atomic E-state index is 12.6. The number of hydrogen-bond donors (Lipinski definition) is 1. The summed E-state index contributed by atoms with van der Waals surface area (Å²) in [6.45, 7) is 4.89. The number of carbonyl (C=O) groups is 1. The van der Waals surface area contributed by atoms with E-state index in [1.54, 1.807) is 0 Å². The number of likely N-dealkylation sites (tertiary alicyclic amines) is 2. The van der Waals surface area contributed by atoms with Crippen LogP contribution in [0, 0.1) is 0 Å². The van der Waals surface area contributed by atoms with Gasteiger partial charge in [-0.05, 0) is 74.7 Å². The fraction of sp³-hybridized carbons (Fsp3) is 0.424. The summed E-state index contributed by atoms with van der Waals surface area (Å²) in [5.41, 5.74) is 3.43. The van der Waals surface area contributed by atoms with Crippen LogP contribution in [-0.4, -0.2) is 67.6 Å². The molecule has 1 amide bonds. The Morgan fingerprint density at radius 1 is 0.842 bits per heavy atom. The van der Waals surface area contributed by atoms with Crippen LogP contribution in [0.3, 0.4) is 0 Å². The molecule has 2 saturated heterocycles. The van der Waals surface area contributed by atoms with E-state index in [9.17, 15) is 4.79 Å². The molecule has 1 atom stereocenters. The zero-order valence-corrected chi connectivity index (χ0v) is 22.6. The third-order valence-corrected chi connectivity index (χ3v) is 8.22. The number of rotatable bonds is 9. The number of carbonyl (C=O) groups excluding carboxylic acids is 1. The molecular formula is C33H41N3O2. The van der Waals surface area contributed by atoms with Gasteiger partial charge in [-0.1, -0.05) is 67.1 Å². The molecule has 2 fully saturated rings. The van der Waals surface area contributed by atoms with E-state index < -0.39 is 0 Å². The van der Waals surface area contributed by atoms with Gasteiger partial charge in [0.05, 0.1) is 0 Å². The third kappa shape index (κ3) is 7.03. The van der Waals surface area contributed by atoms with E-state index in [0.717, 1.165) is 51.2 Å². The van der Waals surface area contributed by atoms with Crippen molar-refractivity contribution in [2.24, 2.45) is 0 Å². The normalized spacial score (nSPS) is 19.4. The molecule has 0 saturated carbocycles. The topological polar surface area (TPSA) is 44.8 Å².